The van der Waals surface area contributed by atoms with E-state index in [9.17, 15) is 32.9 Å². The lowest BCUT2D eigenvalue weighted by Crippen LogP contribution is -2.24. The van der Waals surface area contributed by atoms with Gasteiger partial charge in [-0.1, -0.05) is 18.5 Å². The van der Waals surface area contributed by atoms with Gasteiger partial charge in [0.15, 0.2) is 0 Å². The van der Waals surface area contributed by atoms with Crippen molar-refractivity contribution in [1.29, 1.82) is 0 Å². The second kappa shape index (κ2) is 6.08. The summed E-state index contributed by atoms with van der Waals surface area (Å²) in [5.74, 6) is -2.37. The lowest BCUT2D eigenvalue weighted by molar-refractivity contribution is -0.384. The van der Waals surface area contributed by atoms with Gasteiger partial charge in [0.1, 0.15) is 5.69 Å². The van der Waals surface area contributed by atoms with Gasteiger partial charge in [0, 0.05) is 17.5 Å². The summed E-state index contributed by atoms with van der Waals surface area (Å²) in [5, 5.41) is 11.9. The number of hydrogen-bond donors (Lipinski definition) is 1. The molecule has 21 heavy (non-hydrogen) atoms. The molecule has 6 nitrogen and oxygen atoms in total. The smallest absolute Gasteiger partial charge is 0.313 e. The summed E-state index contributed by atoms with van der Waals surface area (Å²) in [6.45, 7) is 1.32. The van der Waals surface area contributed by atoms with E-state index in [-0.39, 0.29) is 6.42 Å². The van der Waals surface area contributed by atoms with Crippen molar-refractivity contribution in [2.75, 3.05) is 5.32 Å². The van der Waals surface area contributed by atoms with Gasteiger partial charge in [0.05, 0.1) is 10.5 Å². The van der Waals surface area contributed by atoms with Crippen molar-refractivity contribution in [2.24, 2.45) is 0 Å². The van der Waals surface area contributed by atoms with Crippen LogP contribution < -0.4 is 5.32 Å². The van der Waals surface area contributed by atoms with Crippen LogP contribution in [0.1, 0.15) is 18.9 Å². The van der Waals surface area contributed by atoms with E-state index in [0.717, 1.165) is 0 Å². The summed E-state index contributed by atoms with van der Waals surface area (Å²) in [4.78, 5) is 32.2. The first kappa shape index (κ1) is 16.9. The Kier molecular flexibility index (Phi) is 4.89. The monoisotopic (exact) mass is 324 g/mol. The number of amides is 1. The Hall–Kier alpha value is -2.16. The number of carbonyl (C=O) groups excluding carboxylic acids is 2. The van der Waals surface area contributed by atoms with Crippen LogP contribution in [0.15, 0.2) is 12.1 Å². The average Bonchev–Trinajstić information content (AvgIpc) is 2.37. The van der Waals surface area contributed by atoms with Crippen LogP contribution in [0.25, 0.3) is 0 Å². The summed E-state index contributed by atoms with van der Waals surface area (Å²) in [5.41, 5.74) is -3.66. The van der Waals surface area contributed by atoms with Crippen molar-refractivity contribution in [1.82, 2.24) is 0 Å². The van der Waals surface area contributed by atoms with E-state index in [1.807, 2.05) is 0 Å². The molecular formula is C11H8ClF3N2O4. The number of nitro groups is 1. The topological polar surface area (TPSA) is 89.3 Å². The van der Waals surface area contributed by atoms with E-state index >= 15 is 0 Å². The van der Waals surface area contributed by atoms with Crippen LogP contribution in [0, 0.1) is 10.1 Å². The Morgan fingerprint density at radius 2 is 1.95 bits per heavy atom. The number of nitrogens with one attached hydrogen (secondary N) is 1. The molecule has 0 atom stereocenters. The van der Waals surface area contributed by atoms with Crippen LogP contribution in [0.2, 0.25) is 5.02 Å². The third-order valence-corrected chi connectivity index (χ3v) is 2.62. The minimum Gasteiger partial charge on any atom is -0.313 e. The summed E-state index contributed by atoms with van der Waals surface area (Å²) in [6, 6.07) is 1.09. The zero-order valence-electron chi connectivity index (χ0n) is 10.5. The number of carbonyl (C=O) groups is 2. The molecule has 0 saturated heterocycles. The third kappa shape index (κ3) is 3.91. The number of rotatable bonds is 4. The minimum atomic E-state index is -4.99. The number of Topliss-reactive ketones (excluding diaryl/α,β-unsaturated/α-hetero) is 1. The van der Waals surface area contributed by atoms with Crippen molar-refractivity contribution >= 4 is 34.7 Å². The van der Waals surface area contributed by atoms with Crippen LogP contribution >= 0.6 is 11.6 Å². The molecule has 1 aromatic carbocycles. The van der Waals surface area contributed by atoms with Crippen LogP contribution in [0.5, 0.6) is 0 Å². The van der Waals surface area contributed by atoms with Crippen molar-refractivity contribution in [2.45, 2.75) is 19.5 Å². The number of hydrogen-bond acceptors (Lipinski definition) is 4. The highest BCUT2D eigenvalue weighted by Crippen LogP contribution is 2.41. The van der Waals surface area contributed by atoms with Crippen molar-refractivity contribution in [3.05, 3.63) is 32.8 Å². The van der Waals surface area contributed by atoms with Crippen molar-refractivity contribution in [3.63, 3.8) is 0 Å². The van der Waals surface area contributed by atoms with E-state index in [4.69, 9.17) is 11.6 Å². The molecule has 0 spiro atoms. The maximum Gasteiger partial charge on any atom is 0.418 e. The lowest BCUT2D eigenvalue weighted by Gasteiger charge is -2.14. The van der Waals surface area contributed by atoms with Crippen LogP contribution in [0.4, 0.5) is 24.5 Å². The molecule has 0 heterocycles. The third-order valence-electron chi connectivity index (χ3n) is 2.40. The normalized spacial score (nSPS) is 11.1. The average molecular weight is 325 g/mol. The highest BCUT2D eigenvalue weighted by molar-refractivity contribution is 6.41. The molecular weight excluding hydrogens is 317 g/mol. The van der Waals surface area contributed by atoms with Gasteiger partial charge in [0.25, 0.3) is 11.6 Å². The number of ketones is 1. The fraction of sp³-hybridized carbons (Fsp3) is 0.273. The van der Waals surface area contributed by atoms with E-state index in [2.05, 4.69) is 0 Å². The molecule has 0 saturated carbocycles. The van der Waals surface area contributed by atoms with Crippen LogP contribution in [-0.4, -0.2) is 16.6 Å². The Labute approximate surface area is 121 Å². The standard InChI is InChI=1S/C11H8ClF3N2O4/c1-2-8(18)10(19)16-9-6(11(13,14)15)3-5(12)4-7(9)17(20)21/h3-4H,2H2,1H3,(H,16,19). The van der Waals surface area contributed by atoms with Crippen LogP contribution in [-0.2, 0) is 15.8 Å². The van der Waals surface area contributed by atoms with Gasteiger partial charge in [0.2, 0.25) is 5.78 Å². The molecule has 1 N–H and O–H groups in total. The highest BCUT2D eigenvalue weighted by Gasteiger charge is 2.38. The summed E-state index contributed by atoms with van der Waals surface area (Å²) < 4.78 is 38.7. The number of alkyl halides is 3. The SMILES string of the molecule is CCC(=O)C(=O)Nc1c([N+](=O)[O-])cc(Cl)cc1C(F)(F)F. The summed E-state index contributed by atoms with van der Waals surface area (Å²) in [6.07, 6.45) is -5.25. The molecule has 1 aromatic rings. The number of nitro benzene ring substituents is 1. The van der Waals surface area contributed by atoms with Gasteiger partial charge in [-0.15, -0.1) is 0 Å². The molecule has 0 aliphatic rings. The van der Waals surface area contributed by atoms with Crippen molar-refractivity contribution in [3.8, 4) is 0 Å². The molecule has 0 aromatic heterocycles. The maximum absolute atomic E-state index is 12.9. The molecule has 0 bridgehead atoms. The molecule has 0 aliphatic heterocycles. The van der Waals surface area contributed by atoms with E-state index in [1.165, 1.54) is 6.92 Å². The van der Waals surface area contributed by atoms with E-state index < -0.39 is 44.8 Å². The van der Waals surface area contributed by atoms with Gasteiger partial charge in [-0.3, -0.25) is 19.7 Å². The molecule has 0 unspecified atom stereocenters. The van der Waals surface area contributed by atoms with Crippen molar-refractivity contribution < 1.29 is 27.7 Å². The molecule has 10 heteroatoms. The predicted octanol–water partition coefficient (Wildman–Crippen LogP) is 3.18. The molecule has 1 amide bonds. The lowest BCUT2D eigenvalue weighted by atomic mass is 10.1. The molecule has 0 fully saturated rings. The van der Waals surface area contributed by atoms with Gasteiger partial charge in [-0.2, -0.15) is 13.2 Å². The first-order chi connectivity index (χ1) is 9.57. The predicted molar refractivity (Wildman–Crippen MR) is 67.0 cm³/mol. The van der Waals surface area contributed by atoms with Crippen LogP contribution in [0.3, 0.4) is 0 Å². The van der Waals surface area contributed by atoms with E-state index in [0.29, 0.717) is 12.1 Å². The summed E-state index contributed by atoms with van der Waals surface area (Å²) >= 11 is 5.41. The molecule has 0 radical (unpaired) electrons. The molecule has 114 valence electrons. The van der Waals surface area contributed by atoms with Gasteiger partial charge in [-0.25, -0.2) is 0 Å². The van der Waals surface area contributed by atoms with Gasteiger partial charge in [-0.05, 0) is 6.07 Å². The largest absolute Gasteiger partial charge is 0.418 e. The Morgan fingerprint density at radius 3 is 2.38 bits per heavy atom. The fourth-order valence-corrected chi connectivity index (χ4v) is 1.65. The quantitative estimate of drug-likeness (QED) is 0.523. The number of benzene rings is 1. The zero-order chi connectivity index (χ0) is 16.4. The first-order valence-electron chi connectivity index (χ1n) is 5.47. The first-order valence-corrected chi connectivity index (χ1v) is 5.85. The fourth-order valence-electron chi connectivity index (χ4n) is 1.44. The number of anilines is 1. The van der Waals surface area contributed by atoms with E-state index in [1.54, 1.807) is 5.32 Å². The number of halogens is 4. The second-order valence-electron chi connectivity index (χ2n) is 3.83. The molecule has 1 rings (SSSR count). The van der Waals surface area contributed by atoms with Gasteiger partial charge >= 0.3 is 6.18 Å². The Morgan fingerprint density at radius 1 is 1.38 bits per heavy atom. The summed E-state index contributed by atoms with van der Waals surface area (Å²) in [7, 11) is 0. The minimum absolute atomic E-state index is 0.255. The second-order valence-corrected chi connectivity index (χ2v) is 4.27. The maximum atomic E-state index is 12.9. The highest BCUT2D eigenvalue weighted by atomic mass is 35.5. The zero-order valence-corrected chi connectivity index (χ0v) is 11.2. The Bertz CT molecular complexity index is 616. The van der Waals surface area contributed by atoms with Gasteiger partial charge < -0.3 is 5.32 Å². The number of nitrogens with zero attached hydrogens (tertiary/aromatic N) is 1. The Balaban J connectivity index is 3.48. The molecule has 0 aliphatic carbocycles.